The van der Waals surface area contributed by atoms with Crippen LogP contribution in [0.5, 0.6) is 17.2 Å². The van der Waals surface area contributed by atoms with E-state index in [0.717, 1.165) is 5.75 Å². The number of nitrogens with one attached hydrogen (secondary N) is 1. The maximum absolute atomic E-state index is 12.4. The molecule has 0 radical (unpaired) electrons. The van der Waals surface area contributed by atoms with Gasteiger partial charge in [0.05, 0.1) is 6.61 Å². The molecule has 0 saturated carbocycles. The van der Waals surface area contributed by atoms with Gasteiger partial charge in [-0.05, 0) is 68.3 Å². The molecule has 1 fully saturated rings. The van der Waals surface area contributed by atoms with E-state index in [1.165, 1.54) is 0 Å². The van der Waals surface area contributed by atoms with E-state index in [1.54, 1.807) is 53.4 Å². The largest absolute Gasteiger partial charge is 0.494 e. The predicted octanol–water partition coefficient (Wildman–Crippen LogP) is 3.30. The number of carbonyl (C=O) groups is 2. The van der Waals surface area contributed by atoms with Crippen molar-refractivity contribution in [1.29, 1.82) is 0 Å². The molecular weight excluding hydrogens is 420 g/mol. The van der Waals surface area contributed by atoms with Crippen LogP contribution in [0.2, 0.25) is 5.02 Å². The summed E-state index contributed by atoms with van der Waals surface area (Å²) in [5.41, 5.74) is 0. The second-order valence-electron chi connectivity index (χ2n) is 7.16. The Bertz CT molecular complexity index is 849. The predicted molar refractivity (Wildman–Crippen MR) is 118 cm³/mol. The lowest BCUT2D eigenvalue weighted by atomic mass is 10.1. The Labute approximate surface area is 187 Å². The van der Waals surface area contributed by atoms with Gasteiger partial charge in [0, 0.05) is 24.2 Å². The van der Waals surface area contributed by atoms with Crippen LogP contribution in [0.1, 0.15) is 19.8 Å². The van der Waals surface area contributed by atoms with E-state index in [-0.39, 0.29) is 31.1 Å². The first-order valence-corrected chi connectivity index (χ1v) is 10.7. The third kappa shape index (κ3) is 7.36. The number of carbonyl (C=O) groups excluding carboxylic acids is 2. The first-order chi connectivity index (χ1) is 15.0. The molecule has 0 aliphatic carbocycles. The Morgan fingerprint density at radius 1 is 0.903 bits per heavy atom. The average molecular weight is 447 g/mol. The summed E-state index contributed by atoms with van der Waals surface area (Å²) in [5.74, 6) is 1.73. The van der Waals surface area contributed by atoms with Crippen molar-refractivity contribution in [3.8, 4) is 17.2 Å². The van der Waals surface area contributed by atoms with E-state index in [2.05, 4.69) is 5.32 Å². The van der Waals surface area contributed by atoms with Crippen molar-refractivity contribution in [2.24, 2.45) is 0 Å². The van der Waals surface area contributed by atoms with Gasteiger partial charge in [0.1, 0.15) is 17.2 Å². The van der Waals surface area contributed by atoms with E-state index < -0.39 is 0 Å². The van der Waals surface area contributed by atoms with Gasteiger partial charge in [-0.3, -0.25) is 9.59 Å². The lowest BCUT2D eigenvalue weighted by Gasteiger charge is -2.32. The summed E-state index contributed by atoms with van der Waals surface area (Å²) in [6.07, 6.45) is 1.39. The summed E-state index contributed by atoms with van der Waals surface area (Å²) >= 11 is 5.84. The van der Waals surface area contributed by atoms with Gasteiger partial charge < -0.3 is 24.4 Å². The van der Waals surface area contributed by atoms with Crippen molar-refractivity contribution in [3.05, 3.63) is 53.6 Å². The second kappa shape index (κ2) is 11.5. The maximum atomic E-state index is 12.4. The summed E-state index contributed by atoms with van der Waals surface area (Å²) < 4.78 is 16.4. The molecule has 2 aromatic rings. The van der Waals surface area contributed by atoms with Crippen LogP contribution >= 0.6 is 11.6 Å². The van der Waals surface area contributed by atoms with Crippen molar-refractivity contribution in [2.45, 2.75) is 25.8 Å². The Morgan fingerprint density at radius 3 is 2.00 bits per heavy atom. The van der Waals surface area contributed by atoms with Crippen LogP contribution in [0.4, 0.5) is 0 Å². The third-order valence-corrected chi connectivity index (χ3v) is 5.15. The SMILES string of the molecule is CCOc1ccc(OCC(=O)NC2CCN(C(=O)COc3ccc(Cl)cc3)CC2)cc1. The number of halogens is 1. The van der Waals surface area contributed by atoms with Gasteiger partial charge in [0.15, 0.2) is 13.2 Å². The number of hydrogen-bond donors (Lipinski definition) is 1. The molecule has 0 aromatic heterocycles. The molecule has 1 aliphatic rings. The van der Waals surface area contributed by atoms with Gasteiger partial charge >= 0.3 is 0 Å². The molecular formula is C23H27ClN2O5. The number of nitrogens with zero attached hydrogens (tertiary/aromatic N) is 1. The standard InChI is InChI=1S/C23H27ClN2O5/c1-2-29-19-7-9-21(10-8-19)30-15-22(27)25-18-11-13-26(14-12-18)23(28)16-31-20-5-3-17(24)4-6-20/h3-10,18H,2,11-16H2,1H3,(H,25,27). The van der Waals surface area contributed by atoms with Crippen LogP contribution in [0.3, 0.4) is 0 Å². The van der Waals surface area contributed by atoms with Gasteiger partial charge in [-0.1, -0.05) is 11.6 Å². The van der Waals surface area contributed by atoms with Crippen molar-refractivity contribution < 1.29 is 23.8 Å². The first kappa shape index (κ1) is 22.7. The number of benzene rings is 2. The smallest absolute Gasteiger partial charge is 0.260 e. The number of piperidine rings is 1. The molecule has 1 heterocycles. The van der Waals surface area contributed by atoms with E-state index in [9.17, 15) is 9.59 Å². The lowest BCUT2D eigenvalue weighted by Crippen LogP contribution is -2.48. The number of rotatable bonds is 9. The Balaban J connectivity index is 1.33. The molecule has 2 amide bonds. The summed E-state index contributed by atoms with van der Waals surface area (Å²) in [6, 6.07) is 14.1. The van der Waals surface area contributed by atoms with Crippen LogP contribution in [0.25, 0.3) is 0 Å². The minimum absolute atomic E-state index is 0.0193. The molecule has 3 rings (SSSR count). The second-order valence-corrected chi connectivity index (χ2v) is 7.59. The van der Waals surface area contributed by atoms with Crippen LogP contribution in [0.15, 0.2) is 48.5 Å². The van der Waals surface area contributed by atoms with Crippen LogP contribution in [-0.4, -0.2) is 55.7 Å². The highest BCUT2D eigenvalue weighted by atomic mass is 35.5. The van der Waals surface area contributed by atoms with E-state index >= 15 is 0 Å². The molecule has 2 aromatic carbocycles. The van der Waals surface area contributed by atoms with Gasteiger partial charge in [0.25, 0.3) is 11.8 Å². The lowest BCUT2D eigenvalue weighted by molar-refractivity contribution is -0.134. The monoisotopic (exact) mass is 446 g/mol. The van der Waals surface area contributed by atoms with Crippen molar-refractivity contribution in [2.75, 3.05) is 32.9 Å². The van der Waals surface area contributed by atoms with Gasteiger partial charge in [-0.25, -0.2) is 0 Å². The summed E-state index contributed by atoms with van der Waals surface area (Å²) in [5, 5.41) is 3.59. The fourth-order valence-electron chi connectivity index (χ4n) is 3.26. The number of hydrogen-bond acceptors (Lipinski definition) is 5. The molecule has 7 nitrogen and oxygen atoms in total. The quantitative estimate of drug-likeness (QED) is 0.639. The molecule has 1 N–H and O–H groups in total. The number of likely N-dealkylation sites (tertiary alicyclic amines) is 1. The highest BCUT2D eigenvalue weighted by Gasteiger charge is 2.24. The van der Waals surface area contributed by atoms with E-state index in [0.29, 0.717) is 49.1 Å². The fraction of sp³-hybridized carbons (Fsp3) is 0.391. The normalized spacial score (nSPS) is 14.1. The van der Waals surface area contributed by atoms with Crippen molar-refractivity contribution in [1.82, 2.24) is 10.2 Å². The highest BCUT2D eigenvalue weighted by Crippen LogP contribution is 2.18. The van der Waals surface area contributed by atoms with Crippen LogP contribution in [0, 0.1) is 0 Å². The minimum Gasteiger partial charge on any atom is -0.494 e. The van der Waals surface area contributed by atoms with Crippen LogP contribution < -0.4 is 19.5 Å². The van der Waals surface area contributed by atoms with Crippen LogP contribution in [-0.2, 0) is 9.59 Å². The topological polar surface area (TPSA) is 77.1 Å². The zero-order valence-corrected chi connectivity index (χ0v) is 18.3. The zero-order chi connectivity index (χ0) is 22.1. The molecule has 0 unspecified atom stereocenters. The summed E-state index contributed by atoms with van der Waals surface area (Å²) in [6.45, 7) is 3.60. The van der Waals surface area contributed by atoms with Crippen molar-refractivity contribution in [3.63, 3.8) is 0 Å². The maximum Gasteiger partial charge on any atom is 0.260 e. The van der Waals surface area contributed by atoms with E-state index in [1.807, 2.05) is 6.92 Å². The highest BCUT2D eigenvalue weighted by molar-refractivity contribution is 6.30. The molecule has 166 valence electrons. The van der Waals surface area contributed by atoms with Gasteiger partial charge in [-0.15, -0.1) is 0 Å². The molecule has 0 bridgehead atoms. The van der Waals surface area contributed by atoms with E-state index in [4.69, 9.17) is 25.8 Å². The molecule has 0 spiro atoms. The molecule has 8 heteroatoms. The summed E-state index contributed by atoms with van der Waals surface area (Å²) in [4.78, 5) is 26.3. The molecule has 31 heavy (non-hydrogen) atoms. The average Bonchev–Trinajstić information content (AvgIpc) is 2.79. The molecule has 1 aliphatic heterocycles. The van der Waals surface area contributed by atoms with Gasteiger partial charge in [0.2, 0.25) is 0 Å². The Kier molecular flexibility index (Phi) is 8.41. The summed E-state index contributed by atoms with van der Waals surface area (Å²) in [7, 11) is 0. The number of ether oxygens (including phenoxy) is 3. The molecule has 0 atom stereocenters. The molecule has 1 saturated heterocycles. The number of amides is 2. The van der Waals surface area contributed by atoms with Gasteiger partial charge in [-0.2, -0.15) is 0 Å². The Morgan fingerprint density at radius 2 is 1.42 bits per heavy atom. The zero-order valence-electron chi connectivity index (χ0n) is 17.5. The van der Waals surface area contributed by atoms with Crippen molar-refractivity contribution >= 4 is 23.4 Å². The fourth-order valence-corrected chi connectivity index (χ4v) is 3.38. The first-order valence-electron chi connectivity index (χ1n) is 10.3. The minimum atomic E-state index is -0.176. The Hall–Kier alpha value is -2.93. The third-order valence-electron chi connectivity index (χ3n) is 4.89.